The Hall–Kier alpha value is -1.15. The van der Waals surface area contributed by atoms with Gasteiger partial charge in [0.1, 0.15) is 5.76 Å². The predicted octanol–water partition coefficient (Wildman–Crippen LogP) is 2.10. The summed E-state index contributed by atoms with van der Waals surface area (Å²) in [5.74, 6) is 0.605. The van der Waals surface area contributed by atoms with Crippen LogP contribution in [0.5, 0.6) is 0 Å². The van der Waals surface area contributed by atoms with E-state index in [-0.39, 0.29) is 5.09 Å². The number of nitrogens with one attached hydrogen (secondary N) is 2. The normalized spacial score (nSPS) is 11.9. The van der Waals surface area contributed by atoms with Crippen LogP contribution in [0.15, 0.2) is 33.1 Å². The summed E-state index contributed by atoms with van der Waals surface area (Å²) < 4.78 is 30.6. The van der Waals surface area contributed by atoms with Gasteiger partial charge in [0.2, 0.25) is 5.09 Å². The first-order valence-electron chi connectivity index (χ1n) is 6.35. The molecule has 0 spiro atoms. The van der Waals surface area contributed by atoms with Crippen LogP contribution >= 0.6 is 11.3 Å². The van der Waals surface area contributed by atoms with Crippen LogP contribution in [0, 0.1) is 0 Å². The van der Waals surface area contributed by atoms with Gasteiger partial charge in [0.25, 0.3) is 10.0 Å². The van der Waals surface area contributed by atoms with Crippen molar-refractivity contribution in [3.8, 4) is 0 Å². The van der Waals surface area contributed by atoms with Crippen LogP contribution < -0.4 is 10.0 Å². The average Bonchev–Trinajstić information content (AvgIpc) is 3.07. The number of hydrogen-bond donors (Lipinski definition) is 2. The summed E-state index contributed by atoms with van der Waals surface area (Å²) >= 11 is 1.72. The highest BCUT2D eigenvalue weighted by atomic mass is 32.2. The van der Waals surface area contributed by atoms with Crippen molar-refractivity contribution >= 4 is 21.4 Å². The summed E-state index contributed by atoms with van der Waals surface area (Å²) in [6.45, 7) is 3.39. The van der Waals surface area contributed by atoms with Crippen molar-refractivity contribution in [1.82, 2.24) is 10.0 Å². The molecule has 0 aromatic carbocycles. The number of sulfonamides is 1. The molecule has 0 fully saturated rings. The second-order valence-electron chi connectivity index (χ2n) is 4.25. The third-order valence-corrected chi connectivity index (χ3v) is 5.22. The van der Waals surface area contributed by atoms with Crippen LogP contribution in [-0.2, 0) is 29.5 Å². The van der Waals surface area contributed by atoms with Crippen molar-refractivity contribution in [2.75, 3.05) is 7.05 Å². The topological polar surface area (TPSA) is 71.3 Å². The van der Waals surface area contributed by atoms with E-state index in [9.17, 15) is 8.42 Å². The molecule has 20 heavy (non-hydrogen) atoms. The van der Waals surface area contributed by atoms with Crippen molar-refractivity contribution in [2.24, 2.45) is 0 Å². The first-order valence-corrected chi connectivity index (χ1v) is 8.71. The fraction of sp³-hybridized carbons (Fsp3) is 0.385. The minimum Gasteiger partial charge on any atom is -0.447 e. The molecule has 5 nitrogen and oxygen atoms in total. The fourth-order valence-electron chi connectivity index (χ4n) is 1.83. The zero-order valence-corrected chi connectivity index (χ0v) is 13.1. The summed E-state index contributed by atoms with van der Waals surface area (Å²) in [5.41, 5.74) is 1.35. The standard InChI is InChI=1S/C13H18N2O3S2/c1-3-10-6-7-19-12(10)9-15-8-11-4-5-13(18-11)20(16,17)14-2/h4-7,14-15H,3,8-9H2,1-2H3. The Balaban J connectivity index is 1.92. The molecule has 0 atom stereocenters. The molecule has 0 aliphatic rings. The fourth-order valence-corrected chi connectivity index (χ4v) is 3.45. The van der Waals surface area contributed by atoms with E-state index >= 15 is 0 Å². The molecule has 0 bridgehead atoms. The smallest absolute Gasteiger partial charge is 0.273 e. The van der Waals surface area contributed by atoms with E-state index in [4.69, 9.17) is 4.42 Å². The number of furan rings is 1. The van der Waals surface area contributed by atoms with E-state index in [1.165, 1.54) is 23.6 Å². The highest BCUT2D eigenvalue weighted by molar-refractivity contribution is 7.89. The third-order valence-electron chi connectivity index (χ3n) is 2.97. The molecule has 0 aliphatic heterocycles. The predicted molar refractivity (Wildman–Crippen MR) is 79.2 cm³/mol. The maximum Gasteiger partial charge on any atom is 0.273 e. The molecule has 0 saturated carbocycles. The average molecular weight is 314 g/mol. The molecule has 7 heteroatoms. The molecule has 2 N–H and O–H groups in total. The summed E-state index contributed by atoms with van der Waals surface area (Å²) in [6.07, 6.45) is 1.02. The third kappa shape index (κ3) is 3.49. The summed E-state index contributed by atoms with van der Waals surface area (Å²) in [4.78, 5) is 1.31. The second-order valence-corrected chi connectivity index (χ2v) is 7.07. The van der Waals surface area contributed by atoms with Crippen molar-refractivity contribution in [1.29, 1.82) is 0 Å². The van der Waals surface area contributed by atoms with Gasteiger partial charge in [-0.15, -0.1) is 11.3 Å². The maximum atomic E-state index is 11.5. The van der Waals surface area contributed by atoms with Crippen molar-refractivity contribution in [2.45, 2.75) is 31.5 Å². The largest absolute Gasteiger partial charge is 0.447 e. The van der Waals surface area contributed by atoms with Crippen LogP contribution in [0.4, 0.5) is 0 Å². The molecule has 110 valence electrons. The van der Waals surface area contributed by atoms with Gasteiger partial charge in [-0.1, -0.05) is 6.92 Å². The molecule has 2 aromatic heterocycles. The van der Waals surface area contributed by atoms with E-state index < -0.39 is 10.0 Å². The molecule has 0 saturated heterocycles. The van der Waals surface area contributed by atoms with E-state index in [0.29, 0.717) is 12.3 Å². The molecular weight excluding hydrogens is 296 g/mol. The maximum absolute atomic E-state index is 11.5. The van der Waals surface area contributed by atoms with Gasteiger partial charge >= 0.3 is 0 Å². The number of hydrogen-bond acceptors (Lipinski definition) is 5. The highest BCUT2D eigenvalue weighted by Gasteiger charge is 2.16. The summed E-state index contributed by atoms with van der Waals surface area (Å²) in [7, 11) is -2.14. The van der Waals surface area contributed by atoms with Crippen molar-refractivity contribution in [3.05, 3.63) is 39.8 Å². The van der Waals surface area contributed by atoms with E-state index in [1.54, 1.807) is 17.4 Å². The van der Waals surface area contributed by atoms with Gasteiger partial charge in [-0.05, 0) is 42.6 Å². The molecule has 2 rings (SSSR count). The Morgan fingerprint density at radius 3 is 2.75 bits per heavy atom. The first-order chi connectivity index (χ1) is 9.56. The lowest BCUT2D eigenvalue weighted by atomic mass is 10.2. The molecule has 0 unspecified atom stereocenters. The Kier molecular flexibility index (Phi) is 4.98. The van der Waals surface area contributed by atoms with Gasteiger partial charge in [-0.3, -0.25) is 0 Å². The van der Waals surface area contributed by atoms with Gasteiger partial charge in [0.15, 0.2) is 0 Å². The second kappa shape index (κ2) is 6.53. The SMILES string of the molecule is CCc1ccsc1CNCc1ccc(S(=O)(=O)NC)o1. The molecule has 2 aromatic rings. The van der Waals surface area contributed by atoms with Gasteiger partial charge in [0.05, 0.1) is 6.54 Å². The van der Waals surface area contributed by atoms with Crippen molar-refractivity contribution in [3.63, 3.8) is 0 Å². The lowest BCUT2D eigenvalue weighted by Crippen LogP contribution is -2.17. The highest BCUT2D eigenvalue weighted by Crippen LogP contribution is 2.18. The summed E-state index contributed by atoms with van der Waals surface area (Å²) in [6, 6.07) is 5.27. The molecule has 0 aliphatic carbocycles. The molecule has 2 heterocycles. The van der Waals surface area contributed by atoms with Crippen molar-refractivity contribution < 1.29 is 12.8 Å². The van der Waals surface area contributed by atoms with Crippen LogP contribution in [0.3, 0.4) is 0 Å². The molecule has 0 radical (unpaired) electrons. The zero-order chi connectivity index (χ0) is 14.6. The number of aryl methyl sites for hydroxylation is 1. The quantitative estimate of drug-likeness (QED) is 0.821. The summed E-state index contributed by atoms with van der Waals surface area (Å²) in [5, 5.41) is 5.29. The number of thiophene rings is 1. The molecule has 0 amide bonds. The van der Waals surface area contributed by atoms with E-state index in [2.05, 4.69) is 28.4 Å². The Bertz CT molecular complexity index is 659. The first kappa shape index (κ1) is 15.2. The Morgan fingerprint density at radius 2 is 2.05 bits per heavy atom. The van der Waals surface area contributed by atoms with Crippen LogP contribution in [0.25, 0.3) is 0 Å². The monoisotopic (exact) mass is 314 g/mol. The minimum atomic E-state index is -3.50. The van der Waals surface area contributed by atoms with E-state index in [0.717, 1.165) is 13.0 Å². The van der Waals surface area contributed by atoms with Crippen LogP contribution in [0.1, 0.15) is 23.1 Å². The minimum absolute atomic E-state index is 0.0535. The van der Waals surface area contributed by atoms with Gasteiger partial charge < -0.3 is 9.73 Å². The van der Waals surface area contributed by atoms with Gasteiger partial charge in [-0.25, -0.2) is 13.1 Å². The lowest BCUT2D eigenvalue weighted by molar-refractivity contribution is 0.400. The van der Waals surface area contributed by atoms with Crippen LogP contribution in [-0.4, -0.2) is 15.5 Å². The zero-order valence-electron chi connectivity index (χ0n) is 11.5. The lowest BCUT2D eigenvalue weighted by Gasteiger charge is -2.03. The molecular formula is C13H18N2O3S2. The Labute approximate surface area is 123 Å². The van der Waals surface area contributed by atoms with Crippen LogP contribution in [0.2, 0.25) is 0 Å². The van der Waals surface area contributed by atoms with Gasteiger partial charge in [-0.2, -0.15) is 0 Å². The van der Waals surface area contributed by atoms with E-state index in [1.807, 2.05) is 0 Å². The number of rotatable bonds is 7. The van der Waals surface area contributed by atoms with Gasteiger partial charge in [0, 0.05) is 11.4 Å². The Morgan fingerprint density at radius 1 is 1.25 bits per heavy atom.